The highest BCUT2D eigenvalue weighted by Gasteiger charge is 2.10. The lowest BCUT2D eigenvalue weighted by atomic mass is 10.2. The van der Waals surface area contributed by atoms with Crippen molar-refractivity contribution in [3.05, 3.63) is 54.5 Å². The molecule has 1 aromatic heterocycles. The molecule has 3 heteroatoms. The van der Waals surface area contributed by atoms with Crippen molar-refractivity contribution in [3.8, 4) is 5.75 Å². The van der Waals surface area contributed by atoms with Gasteiger partial charge in [-0.2, -0.15) is 0 Å². The molecule has 1 unspecified atom stereocenters. The summed E-state index contributed by atoms with van der Waals surface area (Å²) in [4.78, 5) is 0. The van der Waals surface area contributed by atoms with Crippen LogP contribution in [0.2, 0.25) is 0 Å². The van der Waals surface area contributed by atoms with E-state index in [1.807, 2.05) is 42.5 Å². The topological polar surface area (TPSA) is 34.4 Å². The molecule has 18 heavy (non-hydrogen) atoms. The normalized spacial score (nSPS) is 12.3. The zero-order valence-corrected chi connectivity index (χ0v) is 10.6. The van der Waals surface area contributed by atoms with Gasteiger partial charge in [0.2, 0.25) is 0 Å². The minimum absolute atomic E-state index is 0.263. The number of benzene rings is 1. The monoisotopic (exact) mass is 245 g/mol. The minimum Gasteiger partial charge on any atom is -0.492 e. The van der Waals surface area contributed by atoms with Crippen molar-refractivity contribution in [2.75, 3.05) is 13.2 Å². The zero-order valence-electron chi connectivity index (χ0n) is 10.6. The first-order valence-electron chi connectivity index (χ1n) is 6.34. The van der Waals surface area contributed by atoms with Crippen molar-refractivity contribution < 1.29 is 9.15 Å². The molecule has 96 valence electrons. The van der Waals surface area contributed by atoms with Crippen molar-refractivity contribution in [1.29, 1.82) is 0 Å². The van der Waals surface area contributed by atoms with E-state index < -0.39 is 0 Å². The van der Waals surface area contributed by atoms with Gasteiger partial charge in [0.25, 0.3) is 0 Å². The number of nitrogens with one attached hydrogen (secondary N) is 1. The molecule has 0 aliphatic rings. The van der Waals surface area contributed by atoms with Crippen molar-refractivity contribution >= 4 is 0 Å². The van der Waals surface area contributed by atoms with Gasteiger partial charge >= 0.3 is 0 Å². The molecule has 1 heterocycles. The Kier molecular flexibility index (Phi) is 4.85. The molecule has 0 saturated carbocycles. The van der Waals surface area contributed by atoms with Crippen molar-refractivity contribution in [2.24, 2.45) is 0 Å². The van der Waals surface area contributed by atoms with Crippen LogP contribution in [0.5, 0.6) is 5.75 Å². The van der Waals surface area contributed by atoms with Crippen molar-refractivity contribution in [2.45, 2.75) is 19.4 Å². The summed E-state index contributed by atoms with van der Waals surface area (Å²) in [7, 11) is 0. The third-order valence-corrected chi connectivity index (χ3v) is 2.80. The summed E-state index contributed by atoms with van der Waals surface area (Å²) in [5.74, 6) is 1.89. The van der Waals surface area contributed by atoms with E-state index in [-0.39, 0.29) is 6.04 Å². The van der Waals surface area contributed by atoms with Crippen LogP contribution >= 0.6 is 0 Å². The van der Waals surface area contributed by atoms with E-state index in [1.165, 1.54) is 0 Å². The van der Waals surface area contributed by atoms with E-state index >= 15 is 0 Å². The van der Waals surface area contributed by atoms with Crippen LogP contribution in [0.25, 0.3) is 0 Å². The number of furan rings is 1. The second kappa shape index (κ2) is 6.87. The lowest BCUT2D eigenvalue weighted by Gasteiger charge is -2.14. The van der Waals surface area contributed by atoms with Gasteiger partial charge in [0.15, 0.2) is 0 Å². The van der Waals surface area contributed by atoms with Crippen LogP contribution in [0.4, 0.5) is 0 Å². The van der Waals surface area contributed by atoms with Gasteiger partial charge in [0.1, 0.15) is 18.1 Å². The van der Waals surface area contributed by atoms with Gasteiger partial charge in [0.05, 0.1) is 12.3 Å². The summed E-state index contributed by atoms with van der Waals surface area (Å²) >= 11 is 0. The van der Waals surface area contributed by atoms with Gasteiger partial charge in [0, 0.05) is 6.54 Å². The standard InChI is InChI=1S/C15H19NO2/c1-2-14(15-9-6-11-18-15)16-10-12-17-13-7-4-3-5-8-13/h3-9,11,14,16H,2,10,12H2,1H3. The van der Waals surface area contributed by atoms with Gasteiger partial charge in [-0.15, -0.1) is 0 Å². The molecule has 0 saturated heterocycles. The van der Waals surface area contributed by atoms with Gasteiger partial charge in [-0.1, -0.05) is 25.1 Å². The fraction of sp³-hybridized carbons (Fsp3) is 0.333. The van der Waals surface area contributed by atoms with E-state index in [0.717, 1.165) is 24.5 Å². The molecule has 2 aromatic rings. The number of ether oxygens (including phenoxy) is 1. The van der Waals surface area contributed by atoms with E-state index in [4.69, 9.17) is 9.15 Å². The second-order valence-electron chi connectivity index (χ2n) is 4.09. The maximum absolute atomic E-state index is 5.63. The van der Waals surface area contributed by atoms with Crippen LogP contribution in [0.15, 0.2) is 53.1 Å². The van der Waals surface area contributed by atoms with Crippen LogP contribution in [0.3, 0.4) is 0 Å². The fourth-order valence-electron chi connectivity index (χ4n) is 1.85. The number of para-hydroxylation sites is 1. The quantitative estimate of drug-likeness (QED) is 0.759. The average Bonchev–Trinajstić information content (AvgIpc) is 2.94. The van der Waals surface area contributed by atoms with E-state index in [0.29, 0.717) is 6.61 Å². The molecule has 0 amide bonds. The molecule has 1 atom stereocenters. The summed E-state index contributed by atoms with van der Waals surface area (Å²) < 4.78 is 11.0. The highest BCUT2D eigenvalue weighted by atomic mass is 16.5. The third-order valence-electron chi connectivity index (χ3n) is 2.80. The Hall–Kier alpha value is -1.74. The molecular weight excluding hydrogens is 226 g/mol. The molecule has 0 fully saturated rings. The maximum atomic E-state index is 5.63. The summed E-state index contributed by atoms with van der Waals surface area (Å²) in [6, 6.07) is 14.0. The molecule has 2 rings (SSSR count). The molecule has 0 aliphatic carbocycles. The molecule has 0 radical (unpaired) electrons. The summed E-state index contributed by atoms with van der Waals surface area (Å²) in [5.41, 5.74) is 0. The van der Waals surface area contributed by atoms with E-state index in [2.05, 4.69) is 12.2 Å². The first kappa shape index (κ1) is 12.7. The SMILES string of the molecule is CCC(NCCOc1ccccc1)c1ccco1. The van der Waals surface area contributed by atoms with Gasteiger partial charge in [-0.3, -0.25) is 0 Å². The largest absolute Gasteiger partial charge is 0.492 e. The van der Waals surface area contributed by atoms with Crippen LogP contribution in [0.1, 0.15) is 25.1 Å². The van der Waals surface area contributed by atoms with Gasteiger partial charge in [-0.25, -0.2) is 0 Å². The van der Waals surface area contributed by atoms with Crippen molar-refractivity contribution in [1.82, 2.24) is 5.32 Å². The highest BCUT2D eigenvalue weighted by Crippen LogP contribution is 2.16. The molecule has 1 N–H and O–H groups in total. The van der Waals surface area contributed by atoms with Crippen LogP contribution in [-0.2, 0) is 0 Å². The lowest BCUT2D eigenvalue weighted by molar-refractivity contribution is 0.296. The minimum atomic E-state index is 0.263. The molecule has 0 spiro atoms. The number of hydrogen-bond acceptors (Lipinski definition) is 3. The molecule has 0 bridgehead atoms. The Bertz CT molecular complexity index is 425. The second-order valence-corrected chi connectivity index (χ2v) is 4.09. The van der Waals surface area contributed by atoms with Gasteiger partial charge < -0.3 is 14.5 Å². The number of hydrogen-bond donors (Lipinski definition) is 1. The Morgan fingerprint density at radius 1 is 1.17 bits per heavy atom. The molecule has 0 aliphatic heterocycles. The molecule has 1 aromatic carbocycles. The predicted molar refractivity (Wildman–Crippen MR) is 71.7 cm³/mol. The molecule has 3 nitrogen and oxygen atoms in total. The van der Waals surface area contributed by atoms with Crippen molar-refractivity contribution in [3.63, 3.8) is 0 Å². The summed E-state index contributed by atoms with van der Waals surface area (Å²) in [5, 5.41) is 3.42. The van der Waals surface area contributed by atoms with Crippen LogP contribution in [0, 0.1) is 0 Å². The Balaban J connectivity index is 1.71. The van der Waals surface area contributed by atoms with Crippen LogP contribution in [-0.4, -0.2) is 13.2 Å². The van der Waals surface area contributed by atoms with E-state index in [9.17, 15) is 0 Å². The predicted octanol–water partition coefficient (Wildman–Crippen LogP) is 3.40. The maximum Gasteiger partial charge on any atom is 0.120 e. The lowest BCUT2D eigenvalue weighted by Crippen LogP contribution is -2.25. The smallest absolute Gasteiger partial charge is 0.120 e. The third kappa shape index (κ3) is 3.64. The Morgan fingerprint density at radius 3 is 2.67 bits per heavy atom. The first-order valence-corrected chi connectivity index (χ1v) is 6.34. The summed E-state index contributed by atoms with van der Waals surface area (Å²) in [6.45, 7) is 3.59. The Morgan fingerprint density at radius 2 is 2.00 bits per heavy atom. The fourth-order valence-corrected chi connectivity index (χ4v) is 1.85. The first-order chi connectivity index (χ1) is 8.90. The Labute approximate surface area is 108 Å². The van der Waals surface area contributed by atoms with Gasteiger partial charge in [-0.05, 0) is 30.7 Å². The highest BCUT2D eigenvalue weighted by molar-refractivity contribution is 5.20. The summed E-state index contributed by atoms with van der Waals surface area (Å²) in [6.07, 6.45) is 2.71. The van der Waals surface area contributed by atoms with Crippen LogP contribution < -0.4 is 10.1 Å². The van der Waals surface area contributed by atoms with E-state index in [1.54, 1.807) is 6.26 Å². The molecular formula is C15H19NO2. The zero-order chi connectivity index (χ0) is 12.6. The number of rotatable bonds is 7. The average molecular weight is 245 g/mol.